The number of rotatable bonds is 1. The highest BCUT2D eigenvalue weighted by molar-refractivity contribution is 5.46. The fourth-order valence-corrected chi connectivity index (χ4v) is 2.22. The maximum absolute atomic E-state index is 4.58. The summed E-state index contributed by atoms with van der Waals surface area (Å²) in [5.41, 5.74) is 2.14. The van der Waals surface area contributed by atoms with Crippen LogP contribution in [-0.4, -0.2) is 40.3 Å². The lowest BCUT2D eigenvalue weighted by Crippen LogP contribution is -2.49. The third kappa shape index (κ3) is 1.98. The predicted octanol–water partition coefficient (Wildman–Crippen LogP) is 0.836. The second-order valence-electron chi connectivity index (χ2n) is 4.72. The predicted molar refractivity (Wildman–Crippen MR) is 67.4 cm³/mol. The average molecular weight is 231 g/mol. The van der Waals surface area contributed by atoms with Crippen LogP contribution in [0.4, 0.5) is 5.95 Å². The van der Waals surface area contributed by atoms with Gasteiger partial charge in [-0.1, -0.05) is 0 Å². The van der Waals surface area contributed by atoms with Crippen molar-refractivity contribution in [3.63, 3.8) is 0 Å². The summed E-state index contributed by atoms with van der Waals surface area (Å²) in [6, 6.07) is 4.60. The Morgan fingerprint density at radius 1 is 1.47 bits per heavy atom. The minimum atomic E-state index is 0.497. The first-order chi connectivity index (χ1) is 8.22. The highest BCUT2D eigenvalue weighted by atomic mass is 15.4. The first kappa shape index (κ1) is 10.5. The van der Waals surface area contributed by atoms with Crippen LogP contribution in [0.3, 0.4) is 0 Å². The van der Waals surface area contributed by atoms with Gasteiger partial charge < -0.3 is 10.2 Å². The third-order valence-electron chi connectivity index (χ3n) is 3.13. The summed E-state index contributed by atoms with van der Waals surface area (Å²) in [6.45, 7) is 7.19. The molecule has 3 rings (SSSR count). The summed E-state index contributed by atoms with van der Waals surface area (Å²) in [6.07, 6.45) is 1.97. The summed E-state index contributed by atoms with van der Waals surface area (Å²) >= 11 is 0. The zero-order chi connectivity index (χ0) is 11.8. The second-order valence-corrected chi connectivity index (χ2v) is 4.72. The van der Waals surface area contributed by atoms with Gasteiger partial charge >= 0.3 is 0 Å². The monoisotopic (exact) mass is 231 g/mol. The lowest BCUT2D eigenvalue weighted by atomic mass is 10.2. The Morgan fingerprint density at radius 3 is 3.18 bits per heavy atom. The largest absolute Gasteiger partial charge is 0.337 e. The smallest absolute Gasteiger partial charge is 0.245 e. The van der Waals surface area contributed by atoms with Crippen LogP contribution in [0.5, 0.6) is 0 Å². The van der Waals surface area contributed by atoms with E-state index in [0.29, 0.717) is 6.04 Å². The Hall–Kier alpha value is -1.62. The van der Waals surface area contributed by atoms with E-state index in [1.165, 1.54) is 5.56 Å². The van der Waals surface area contributed by atoms with Gasteiger partial charge in [-0.3, -0.25) is 0 Å². The molecule has 0 saturated carbocycles. The van der Waals surface area contributed by atoms with Crippen LogP contribution in [0.2, 0.25) is 0 Å². The van der Waals surface area contributed by atoms with Crippen LogP contribution in [-0.2, 0) is 0 Å². The summed E-state index contributed by atoms with van der Waals surface area (Å²) in [5, 5.41) is 7.94. The molecule has 0 spiro atoms. The molecule has 1 atom stereocenters. The van der Waals surface area contributed by atoms with Crippen molar-refractivity contribution in [1.29, 1.82) is 0 Å². The summed E-state index contributed by atoms with van der Waals surface area (Å²) in [7, 11) is 0. The molecule has 90 valence electrons. The van der Waals surface area contributed by atoms with Crippen LogP contribution >= 0.6 is 0 Å². The molecule has 5 heteroatoms. The Balaban J connectivity index is 1.94. The molecular weight excluding hydrogens is 214 g/mol. The number of fused-ring (bicyclic) bond motifs is 1. The third-order valence-corrected chi connectivity index (χ3v) is 3.13. The molecule has 1 aliphatic heterocycles. The van der Waals surface area contributed by atoms with E-state index in [1.807, 2.05) is 16.8 Å². The molecule has 0 amide bonds. The zero-order valence-corrected chi connectivity index (χ0v) is 10.2. The number of hydrogen-bond acceptors (Lipinski definition) is 4. The fraction of sp³-hybridized carbons (Fsp3) is 0.500. The van der Waals surface area contributed by atoms with E-state index in [0.717, 1.165) is 31.2 Å². The molecule has 1 unspecified atom stereocenters. The highest BCUT2D eigenvalue weighted by Crippen LogP contribution is 2.13. The van der Waals surface area contributed by atoms with Crippen LogP contribution < -0.4 is 10.2 Å². The van der Waals surface area contributed by atoms with E-state index in [-0.39, 0.29) is 0 Å². The van der Waals surface area contributed by atoms with E-state index in [9.17, 15) is 0 Å². The van der Waals surface area contributed by atoms with Gasteiger partial charge in [0.2, 0.25) is 5.95 Å². The summed E-state index contributed by atoms with van der Waals surface area (Å²) < 4.78 is 1.84. The SMILES string of the molecule is Cc1ccn2nc(N3CCNC(C)C3)nc2c1. The van der Waals surface area contributed by atoms with E-state index in [2.05, 4.69) is 40.2 Å². The van der Waals surface area contributed by atoms with Gasteiger partial charge in [-0.05, 0) is 31.5 Å². The molecule has 1 fully saturated rings. The number of pyridine rings is 1. The van der Waals surface area contributed by atoms with E-state index >= 15 is 0 Å². The summed E-state index contributed by atoms with van der Waals surface area (Å²) in [5.74, 6) is 0.837. The van der Waals surface area contributed by atoms with Gasteiger partial charge in [0, 0.05) is 31.9 Å². The van der Waals surface area contributed by atoms with Crippen LogP contribution in [0, 0.1) is 6.92 Å². The topological polar surface area (TPSA) is 45.5 Å². The van der Waals surface area contributed by atoms with Gasteiger partial charge in [0.05, 0.1) is 0 Å². The molecule has 0 aliphatic carbocycles. The molecule has 17 heavy (non-hydrogen) atoms. The van der Waals surface area contributed by atoms with Crippen molar-refractivity contribution >= 4 is 11.6 Å². The maximum Gasteiger partial charge on any atom is 0.245 e. The minimum Gasteiger partial charge on any atom is -0.337 e. The van der Waals surface area contributed by atoms with Crippen molar-refractivity contribution < 1.29 is 0 Å². The normalized spacial score (nSPS) is 21.1. The number of piperazine rings is 1. The quantitative estimate of drug-likeness (QED) is 0.790. The molecule has 2 aromatic heterocycles. The van der Waals surface area contributed by atoms with E-state index in [1.54, 1.807) is 0 Å². The Labute approximate surface area is 100 Å². The standard InChI is InChI=1S/C12H17N5/c1-9-3-5-17-11(7-9)14-12(15-17)16-6-4-13-10(2)8-16/h3,5,7,10,13H,4,6,8H2,1-2H3. The number of aryl methyl sites for hydroxylation is 1. The lowest BCUT2D eigenvalue weighted by Gasteiger charge is -2.30. The van der Waals surface area contributed by atoms with Gasteiger partial charge in [0.25, 0.3) is 0 Å². The molecule has 1 N–H and O–H groups in total. The molecule has 0 radical (unpaired) electrons. The van der Waals surface area contributed by atoms with Crippen molar-refractivity contribution in [1.82, 2.24) is 19.9 Å². The fourth-order valence-electron chi connectivity index (χ4n) is 2.22. The number of nitrogens with one attached hydrogen (secondary N) is 1. The van der Waals surface area contributed by atoms with E-state index < -0.39 is 0 Å². The molecular formula is C12H17N5. The molecule has 3 heterocycles. The van der Waals surface area contributed by atoms with Crippen LogP contribution in [0.25, 0.3) is 5.65 Å². The van der Waals surface area contributed by atoms with E-state index in [4.69, 9.17) is 0 Å². The average Bonchev–Trinajstić information content (AvgIpc) is 2.72. The van der Waals surface area contributed by atoms with Gasteiger partial charge in [-0.15, -0.1) is 5.10 Å². The molecule has 2 aromatic rings. The maximum atomic E-state index is 4.58. The van der Waals surface area contributed by atoms with Gasteiger partial charge in [0.1, 0.15) is 0 Å². The highest BCUT2D eigenvalue weighted by Gasteiger charge is 2.19. The van der Waals surface area contributed by atoms with Crippen LogP contribution in [0.15, 0.2) is 18.3 Å². The molecule has 5 nitrogen and oxygen atoms in total. The first-order valence-electron chi connectivity index (χ1n) is 6.04. The van der Waals surface area contributed by atoms with Crippen LogP contribution in [0.1, 0.15) is 12.5 Å². The van der Waals surface area contributed by atoms with Gasteiger partial charge in [-0.25, -0.2) is 4.52 Å². The number of hydrogen-bond donors (Lipinski definition) is 1. The Bertz CT molecular complexity index is 533. The van der Waals surface area contributed by atoms with Crippen molar-refractivity contribution in [3.05, 3.63) is 23.9 Å². The summed E-state index contributed by atoms with van der Waals surface area (Å²) in [4.78, 5) is 6.82. The molecule has 0 aromatic carbocycles. The molecule has 0 bridgehead atoms. The second kappa shape index (κ2) is 4.00. The van der Waals surface area contributed by atoms with Gasteiger partial charge in [0.15, 0.2) is 5.65 Å². The molecule has 1 aliphatic rings. The van der Waals surface area contributed by atoms with Crippen molar-refractivity contribution in [2.45, 2.75) is 19.9 Å². The number of nitrogens with zero attached hydrogens (tertiary/aromatic N) is 4. The number of anilines is 1. The van der Waals surface area contributed by atoms with Crippen molar-refractivity contribution in [2.75, 3.05) is 24.5 Å². The van der Waals surface area contributed by atoms with Crippen molar-refractivity contribution in [2.24, 2.45) is 0 Å². The molecule has 1 saturated heterocycles. The van der Waals surface area contributed by atoms with Crippen molar-refractivity contribution in [3.8, 4) is 0 Å². The Morgan fingerprint density at radius 2 is 2.35 bits per heavy atom. The lowest BCUT2D eigenvalue weighted by molar-refractivity contribution is 0.479. The minimum absolute atomic E-state index is 0.497. The number of aromatic nitrogens is 3. The van der Waals surface area contributed by atoms with Gasteiger partial charge in [-0.2, -0.15) is 4.98 Å². The zero-order valence-electron chi connectivity index (χ0n) is 10.2. The Kier molecular flexibility index (Phi) is 2.48. The first-order valence-corrected chi connectivity index (χ1v) is 6.04.